The Morgan fingerprint density at radius 1 is 1.38 bits per heavy atom. The maximum absolute atomic E-state index is 13.2. The van der Waals surface area contributed by atoms with Gasteiger partial charge >= 0.3 is 11.8 Å². The van der Waals surface area contributed by atoms with Gasteiger partial charge in [0.15, 0.2) is 0 Å². The van der Waals surface area contributed by atoms with E-state index in [0.717, 1.165) is 12.5 Å². The first-order valence-electron chi connectivity index (χ1n) is 6.57. The van der Waals surface area contributed by atoms with Crippen LogP contribution in [0.15, 0.2) is 18.2 Å². The Hall–Kier alpha value is -1.66. The van der Waals surface area contributed by atoms with Crippen molar-refractivity contribution in [2.24, 2.45) is 5.92 Å². The summed E-state index contributed by atoms with van der Waals surface area (Å²) in [5, 5.41) is 14.2. The molecule has 0 fully saturated rings. The second-order valence-corrected chi connectivity index (χ2v) is 5.15. The van der Waals surface area contributed by atoms with Crippen molar-refractivity contribution >= 4 is 29.1 Å². The van der Waals surface area contributed by atoms with Crippen LogP contribution in [0.3, 0.4) is 0 Å². The molecule has 1 aromatic rings. The maximum Gasteiger partial charge on any atom is 0.313 e. The lowest BCUT2D eigenvalue weighted by Crippen LogP contribution is -2.41. The highest BCUT2D eigenvalue weighted by Gasteiger charge is 2.18. The topological polar surface area (TPSA) is 78.4 Å². The third-order valence-corrected chi connectivity index (χ3v) is 3.46. The first-order valence-corrected chi connectivity index (χ1v) is 6.95. The number of nitrogens with one attached hydrogen (secondary N) is 2. The minimum atomic E-state index is -0.937. The van der Waals surface area contributed by atoms with E-state index in [9.17, 15) is 19.1 Å². The minimum absolute atomic E-state index is 0.0127. The molecule has 0 bridgehead atoms. The molecule has 0 aliphatic heterocycles. The zero-order chi connectivity index (χ0) is 16.0. The van der Waals surface area contributed by atoms with Crippen molar-refractivity contribution in [2.45, 2.75) is 26.4 Å². The van der Waals surface area contributed by atoms with E-state index in [1.807, 2.05) is 13.8 Å². The van der Waals surface area contributed by atoms with E-state index in [1.54, 1.807) is 0 Å². The first-order chi connectivity index (χ1) is 9.85. The standard InChI is InChI=1S/C14H18ClFN2O3/c1-3-8(2)12(19)7-17-13(20)14(21)18-9-4-5-10(15)11(16)6-9/h4-6,8,12,19H,3,7H2,1-2H3,(H,17,20)(H,18,21). The normalized spacial score (nSPS) is 13.4. The quantitative estimate of drug-likeness (QED) is 0.726. The Labute approximate surface area is 127 Å². The number of amides is 2. The van der Waals surface area contributed by atoms with Gasteiger partial charge in [0.05, 0.1) is 11.1 Å². The molecule has 0 aliphatic rings. The Kier molecular flexibility index (Phi) is 6.58. The van der Waals surface area contributed by atoms with Crippen LogP contribution in [-0.2, 0) is 9.59 Å². The van der Waals surface area contributed by atoms with Crippen LogP contribution in [-0.4, -0.2) is 29.6 Å². The Morgan fingerprint density at radius 3 is 2.62 bits per heavy atom. The Balaban J connectivity index is 2.51. The Morgan fingerprint density at radius 2 is 2.05 bits per heavy atom. The van der Waals surface area contributed by atoms with Gasteiger partial charge in [0, 0.05) is 12.2 Å². The van der Waals surface area contributed by atoms with Crippen molar-refractivity contribution in [1.82, 2.24) is 5.32 Å². The smallest absolute Gasteiger partial charge is 0.313 e. The van der Waals surface area contributed by atoms with Gasteiger partial charge in [-0.25, -0.2) is 4.39 Å². The number of aliphatic hydroxyl groups is 1. The van der Waals surface area contributed by atoms with Crippen molar-refractivity contribution in [3.8, 4) is 0 Å². The van der Waals surface area contributed by atoms with Gasteiger partial charge in [-0.05, 0) is 24.1 Å². The summed E-state index contributed by atoms with van der Waals surface area (Å²) in [6, 6.07) is 3.67. The van der Waals surface area contributed by atoms with E-state index in [4.69, 9.17) is 11.6 Å². The number of benzene rings is 1. The van der Waals surface area contributed by atoms with Crippen LogP contribution < -0.4 is 10.6 Å². The van der Waals surface area contributed by atoms with E-state index < -0.39 is 23.7 Å². The summed E-state index contributed by atoms with van der Waals surface area (Å²) in [6.07, 6.45) is 0.0348. The lowest BCUT2D eigenvalue weighted by atomic mass is 10.0. The molecular weight excluding hydrogens is 299 g/mol. The highest BCUT2D eigenvalue weighted by molar-refractivity contribution is 6.39. The average Bonchev–Trinajstić information content (AvgIpc) is 2.47. The maximum atomic E-state index is 13.2. The lowest BCUT2D eigenvalue weighted by molar-refractivity contribution is -0.136. The molecule has 2 amide bonds. The van der Waals surface area contributed by atoms with Crippen molar-refractivity contribution in [1.29, 1.82) is 0 Å². The van der Waals surface area contributed by atoms with Crippen LogP contribution >= 0.6 is 11.6 Å². The van der Waals surface area contributed by atoms with Gasteiger partial charge in [-0.1, -0.05) is 31.9 Å². The van der Waals surface area contributed by atoms with Gasteiger partial charge in [0.25, 0.3) is 0 Å². The molecule has 7 heteroatoms. The zero-order valence-electron chi connectivity index (χ0n) is 11.8. The fourth-order valence-electron chi connectivity index (χ4n) is 1.51. The SMILES string of the molecule is CCC(C)C(O)CNC(=O)C(=O)Nc1ccc(Cl)c(F)c1. The molecule has 0 saturated heterocycles. The van der Waals surface area contributed by atoms with Gasteiger partial charge in [-0.2, -0.15) is 0 Å². The zero-order valence-corrected chi connectivity index (χ0v) is 12.6. The average molecular weight is 317 g/mol. The molecule has 21 heavy (non-hydrogen) atoms. The van der Waals surface area contributed by atoms with Gasteiger partial charge in [0.2, 0.25) is 0 Å². The van der Waals surface area contributed by atoms with Gasteiger partial charge < -0.3 is 15.7 Å². The fraction of sp³-hybridized carbons (Fsp3) is 0.429. The van der Waals surface area contributed by atoms with E-state index >= 15 is 0 Å². The molecule has 0 heterocycles. The molecule has 2 unspecified atom stereocenters. The third kappa shape index (κ3) is 5.32. The van der Waals surface area contributed by atoms with E-state index in [0.29, 0.717) is 0 Å². The van der Waals surface area contributed by atoms with Crippen molar-refractivity contribution < 1.29 is 19.1 Å². The summed E-state index contributed by atoms with van der Waals surface area (Å²) in [5.41, 5.74) is 0.125. The van der Waals surface area contributed by atoms with E-state index in [-0.39, 0.29) is 23.2 Å². The number of hydrogen-bond donors (Lipinski definition) is 3. The first kappa shape index (κ1) is 17.4. The van der Waals surface area contributed by atoms with E-state index in [1.165, 1.54) is 12.1 Å². The lowest BCUT2D eigenvalue weighted by Gasteiger charge is -2.17. The predicted molar refractivity (Wildman–Crippen MR) is 78.5 cm³/mol. The van der Waals surface area contributed by atoms with Crippen LogP contribution in [0, 0.1) is 11.7 Å². The van der Waals surface area contributed by atoms with E-state index in [2.05, 4.69) is 10.6 Å². The largest absolute Gasteiger partial charge is 0.391 e. The second-order valence-electron chi connectivity index (χ2n) is 4.75. The summed E-state index contributed by atoms with van der Waals surface area (Å²) in [6.45, 7) is 3.74. The number of anilines is 1. The highest BCUT2D eigenvalue weighted by atomic mass is 35.5. The molecule has 1 rings (SSSR count). The van der Waals surface area contributed by atoms with Crippen molar-refractivity contribution in [3.63, 3.8) is 0 Å². The molecule has 0 aliphatic carbocycles. The van der Waals surface area contributed by atoms with Crippen LogP contribution in [0.1, 0.15) is 20.3 Å². The Bertz CT molecular complexity index is 525. The van der Waals surface area contributed by atoms with Crippen LogP contribution in [0.2, 0.25) is 5.02 Å². The summed E-state index contributed by atoms with van der Waals surface area (Å²) in [7, 11) is 0. The number of carbonyl (C=O) groups is 2. The van der Waals surface area contributed by atoms with Crippen LogP contribution in [0.4, 0.5) is 10.1 Å². The number of carbonyl (C=O) groups excluding carboxylic acids is 2. The molecule has 2 atom stereocenters. The molecule has 0 spiro atoms. The summed E-state index contributed by atoms with van der Waals surface area (Å²) >= 11 is 5.51. The van der Waals surface area contributed by atoms with Crippen molar-refractivity contribution in [3.05, 3.63) is 29.0 Å². The molecule has 3 N–H and O–H groups in total. The van der Waals surface area contributed by atoms with Crippen LogP contribution in [0.5, 0.6) is 0 Å². The fourth-order valence-corrected chi connectivity index (χ4v) is 1.63. The molecule has 1 aromatic carbocycles. The number of hydrogen-bond acceptors (Lipinski definition) is 3. The summed E-state index contributed by atoms with van der Waals surface area (Å²) in [5.74, 6) is -2.51. The monoisotopic (exact) mass is 316 g/mol. The highest BCUT2D eigenvalue weighted by Crippen LogP contribution is 2.18. The molecule has 0 saturated carbocycles. The van der Waals surface area contributed by atoms with Crippen LogP contribution in [0.25, 0.3) is 0 Å². The molecular formula is C14H18ClFN2O3. The van der Waals surface area contributed by atoms with Gasteiger partial charge in [-0.3, -0.25) is 9.59 Å². The van der Waals surface area contributed by atoms with Gasteiger partial charge in [-0.15, -0.1) is 0 Å². The molecule has 0 aromatic heterocycles. The molecule has 116 valence electrons. The number of halogens is 2. The molecule has 0 radical (unpaired) electrons. The minimum Gasteiger partial charge on any atom is -0.391 e. The van der Waals surface area contributed by atoms with Gasteiger partial charge in [0.1, 0.15) is 5.82 Å². The number of rotatable bonds is 5. The summed E-state index contributed by atoms with van der Waals surface area (Å²) in [4.78, 5) is 23.2. The number of aliphatic hydroxyl groups excluding tert-OH is 1. The van der Waals surface area contributed by atoms with Crippen molar-refractivity contribution in [2.75, 3.05) is 11.9 Å². The summed E-state index contributed by atoms with van der Waals surface area (Å²) < 4.78 is 13.2. The third-order valence-electron chi connectivity index (χ3n) is 3.16. The molecule has 5 nitrogen and oxygen atoms in total. The predicted octanol–water partition coefficient (Wildman–Crippen LogP) is 1.94. The second kappa shape index (κ2) is 7.95.